The molecule has 0 amide bonds. The van der Waals surface area contributed by atoms with Crippen LogP contribution in [0, 0.1) is 6.92 Å². The Bertz CT molecular complexity index is 1270. The van der Waals surface area contributed by atoms with Crippen LogP contribution < -0.4 is 15.1 Å². The first-order valence-corrected chi connectivity index (χ1v) is 13.6. The van der Waals surface area contributed by atoms with Gasteiger partial charge in [-0.15, -0.1) is 0 Å². The van der Waals surface area contributed by atoms with Crippen molar-refractivity contribution >= 4 is 33.4 Å². The fourth-order valence-electron chi connectivity index (χ4n) is 5.49. The highest BCUT2D eigenvalue weighted by Gasteiger charge is 2.39. The SMILES string of the molecule is Cc1ccc2nc(N3CCS(=NC4CC4)c4ccccc4C3)nc(N3C[C@@H]4C[C@H]3CN4)c2c1. The van der Waals surface area contributed by atoms with Gasteiger partial charge in [0.1, 0.15) is 5.82 Å². The Labute approximate surface area is 197 Å². The third-order valence-corrected chi connectivity index (χ3v) is 9.42. The monoisotopic (exact) mass is 458 g/mol. The summed E-state index contributed by atoms with van der Waals surface area (Å²) in [6, 6.07) is 17.2. The third-order valence-electron chi connectivity index (χ3n) is 7.40. The maximum atomic E-state index is 5.26. The molecule has 3 aliphatic heterocycles. The van der Waals surface area contributed by atoms with E-state index in [4.69, 9.17) is 14.3 Å². The molecule has 7 heteroatoms. The van der Waals surface area contributed by atoms with E-state index in [0.717, 1.165) is 49.2 Å². The molecule has 2 aromatic carbocycles. The lowest BCUT2D eigenvalue weighted by Crippen LogP contribution is -2.44. The van der Waals surface area contributed by atoms with E-state index >= 15 is 0 Å². The fraction of sp³-hybridized carbons (Fsp3) is 0.462. The van der Waals surface area contributed by atoms with Gasteiger partial charge in [0, 0.05) is 54.3 Å². The van der Waals surface area contributed by atoms with E-state index in [9.17, 15) is 0 Å². The van der Waals surface area contributed by atoms with Gasteiger partial charge in [-0.05, 0) is 49.9 Å². The maximum absolute atomic E-state index is 5.26. The van der Waals surface area contributed by atoms with Crippen LogP contribution in [0.25, 0.3) is 10.9 Å². The first-order chi connectivity index (χ1) is 16.2. The van der Waals surface area contributed by atoms with Gasteiger partial charge < -0.3 is 15.1 Å². The van der Waals surface area contributed by atoms with Crippen molar-refractivity contribution in [1.82, 2.24) is 15.3 Å². The molecule has 1 N–H and O–H groups in total. The van der Waals surface area contributed by atoms with E-state index in [0.29, 0.717) is 18.1 Å². The molecule has 170 valence electrons. The topological polar surface area (TPSA) is 56.7 Å². The summed E-state index contributed by atoms with van der Waals surface area (Å²) < 4.78 is 5.19. The highest BCUT2D eigenvalue weighted by molar-refractivity contribution is 7.87. The van der Waals surface area contributed by atoms with Crippen LogP contribution in [0.5, 0.6) is 0 Å². The lowest BCUT2D eigenvalue weighted by molar-refractivity contribution is 0.577. The number of nitrogens with zero attached hydrogens (tertiary/aromatic N) is 5. The van der Waals surface area contributed by atoms with Crippen LogP contribution >= 0.6 is 0 Å². The van der Waals surface area contributed by atoms with Crippen molar-refractivity contribution < 1.29 is 0 Å². The Balaban J connectivity index is 1.31. The molecule has 3 fully saturated rings. The quantitative estimate of drug-likeness (QED) is 0.647. The Hall–Kier alpha value is -2.51. The minimum Gasteiger partial charge on any atom is -0.350 e. The summed E-state index contributed by atoms with van der Waals surface area (Å²) in [6.07, 6.45) is 3.74. The lowest BCUT2D eigenvalue weighted by Gasteiger charge is -2.31. The van der Waals surface area contributed by atoms with E-state index in [-0.39, 0.29) is 10.7 Å². The third kappa shape index (κ3) is 3.62. The fourth-order valence-corrected chi connectivity index (χ4v) is 7.56. The summed E-state index contributed by atoms with van der Waals surface area (Å²) in [6.45, 7) is 6.05. The van der Waals surface area contributed by atoms with Gasteiger partial charge in [0.2, 0.25) is 5.95 Å². The second kappa shape index (κ2) is 7.77. The van der Waals surface area contributed by atoms with Gasteiger partial charge in [-0.2, -0.15) is 4.98 Å². The first kappa shape index (κ1) is 19.9. The normalized spacial score (nSPS) is 26.8. The van der Waals surface area contributed by atoms with Crippen molar-refractivity contribution in [1.29, 1.82) is 0 Å². The minimum atomic E-state index is -0.0289. The second-order valence-corrected chi connectivity index (χ2v) is 11.7. The summed E-state index contributed by atoms with van der Waals surface area (Å²) in [4.78, 5) is 16.7. The van der Waals surface area contributed by atoms with Crippen molar-refractivity contribution in [2.24, 2.45) is 4.36 Å². The summed E-state index contributed by atoms with van der Waals surface area (Å²) >= 11 is 0. The maximum Gasteiger partial charge on any atom is 0.228 e. The van der Waals surface area contributed by atoms with Gasteiger partial charge in [-0.3, -0.25) is 4.36 Å². The zero-order chi connectivity index (χ0) is 21.9. The number of aryl methyl sites for hydroxylation is 1. The van der Waals surface area contributed by atoms with Crippen LogP contribution in [0.4, 0.5) is 11.8 Å². The highest BCUT2D eigenvalue weighted by Crippen LogP contribution is 2.35. The smallest absolute Gasteiger partial charge is 0.228 e. The van der Waals surface area contributed by atoms with Crippen molar-refractivity contribution in [3.05, 3.63) is 53.6 Å². The second-order valence-electron chi connectivity index (χ2n) is 9.95. The number of benzene rings is 2. The largest absolute Gasteiger partial charge is 0.350 e. The van der Waals surface area contributed by atoms with E-state index in [1.54, 1.807) is 0 Å². The molecule has 4 aliphatic rings. The van der Waals surface area contributed by atoms with Crippen LogP contribution in [0.3, 0.4) is 0 Å². The molecule has 3 aromatic rings. The molecule has 3 atom stereocenters. The molecule has 1 unspecified atom stereocenters. The van der Waals surface area contributed by atoms with Crippen LogP contribution in [0.2, 0.25) is 0 Å². The van der Waals surface area contributed by atoms with Crippen LogP contribution in [-0.4, -0.2) is 53.5 Å². The lowest BCUT2D eigenvalue weighted by atomic mass is 10.1. The minimum absolute atomic E-state index is 0.0289. The summed E-state index contributed by atoms with van der Waals surface area (Å²) in [5.74, 6) is 3.03. The molecule has 0 spiro atoms. The number of rotatable bonds is 3. The molecule has 0 radical (unpaired) electrons. The Morgan fingerprint density at radius 2 is 2.03 bits per heavy atom. The van der Waals surface area contributed by atoms with Crippen LogP contribution in [0.1, 0.15) is 30.4 Å². The number of nitrogens with one attached hydrogen (secondary N) is 1. The molecule has 1 aliphatic carbocycles. The van der Waals surface area contributed by atoms with Crippen LogP contribution in [0.15, 0.2) is 51.7 Å². The van der Waals surface area contributed by atoms with Gasteiger partial charge in [0.25, 0.3) is 0 Å². The summed E-state index contributed by atoms with van der Waals surface area (Å²) in [5.41, 5.74) is 3.69. The molecule has 2 saturated heterocycles. The summed E-state index contributed by atoms with van der Waals surface area (Å²) in [5, 5.41) is 4.82. The Morgan fingerprint density at radius 3 is 2.85 bits per heavy atom. The predicted octanol–water partition coefficient (Wildman–Crippen LogP) is 3.83. The van der Waals surface area contributed by atoms with E-state index < -0.39 is 0 Å². The number of aromatic nitrogens is 2. The number of fused-ring (bicyclic) bond motifs is 4. The molecular weight excluding hydrogens is 428 g/mol. The summed E-state index contributed by atoms with van der Waals surface area (Å²) in [7, 11) is -0.0289. The number of anilines is 2. The average Bonchev–Trinajstić information content (AvgIpc) is 3.46. The molecule has 1 saturated carbocycles. The van der Waals surface area contributed by atoms with E-state index in [1.165, 1.54) is 40.7 Å². The van der Waals surface area contributed by atoms with Gasteiger partial charge >= 0.3 is 0 Å². The molecule has 6 nitrogen and oxygen atoms in total. The molecular formula is C26H30N6S. The van der Waals surface area contributed by atoms with Crippen molar-refractivity contribution in [2.45, 2.75) is 55.8 Å². The predicted molar refractivity (Wildman–Crippen MR) is 135 cm³/mol. The Kier molecular flexibility index (Phi) is 4.69. The van der Waals surface area contributed by atoms with Gasteiger partial charge in [0.05, 0.1) is 11.6 Å². The molecule has 1 aromatic heterocycles. The molecule has 7 rings (SSSR count). The van der Waals surface area contributed by atoms with Crippen molar-refractivity contribution in [3.63, 3.8) is 0 Å². The number of piperazine rings is 1. The Morgan fingerprint density at radius 1 is 1.12 bits per heavy atom. The van der Waals surface area contributed by atoms with Crippen molar-refractivity contribution in [3.8, 4) is 0 Å². The highest BCUT2D eigenvalue weighted by atomic mass is 32.2. The molecule has 33 heavy (non-hydrogen) atoms. The molecule has 2 bridgehead atoms. The van der Waals surface area contributed by atoms with Gasteiger partial charge in [-0.1, -0.05) is 40.5 Å². The number of hydrogen-bond donors (Lipinski definition) is 1. The van der Waals surface area contributed by atoms with E-state index in [2.05, 4.69) is 64.5 Å². The molecule has 4 heterocycles. The van der Waals surface area contributed by atoms with Gasteiger partial charge in [0.15, 0.2) is 0 Å². The standard InChI is InChI=1S/C26H30N6S/c1-17-6-9-23-22(12-17)25(32-16-20-13-21(32)14-27-20)29-26(28-23)31-10-11-33(30-19-7-8-19)24-5-3-2-4-18(24)15-31/h2-6,9,12,19-21,27H,7-8,10-11,13-16H2,1H3/t20-,21-,33?/m0/s1. The van der Waals surface area contributed by atoms with E-state index in [1.807, 2.05) is 0 Å². The number of hydrogen-bond acceptors (Lipinski definition) is 6. The first-order valence-electron chi connectivity index (χ1n) is 12.2. The average molecular weight is 459 g/mol. The van der Waals surface area contributed by atoms with Crippen molar-refractivity contribution in [2.75, 3.05) is 35.2 Å². The zero-order valence-electron chi connectivity index (χ0n) is 19.1. The van der Waals surface area contributed by atoms with Gasteiger partial charge in [-0.25, -0.2) is 4.98 Å². The van der Waals surface area contributed by atoms with Crippen LogP contribution in [-0.2, 0) is 17.2 Å². The zero-order valence-corrected chi connectivity index (χ0v) is 19.9.